The maximum absolute atomic E-state index is 13.4. The summed E-state index contributed by atoms with van der Waals surface area (Å²) < 4.78 is 31.4. The van der Waals surface area contributed by atoms with Gasteiger partial charge in [-0.3, -0.25) is 4.68 Å². The summed E-state index contributed by atoms with van der Waals surface area (Å²) in [7, 11) is 0. The number of hydrogen-bond acceptors (Lipinski definition) is 5. The molecule has 1 fully saturated rings. The number of aromatic nitrogens is 2. The zero-order valence-corrected chi connectivity index (χ0v) is 18.1. The van der Waals surface area contributed by atoms with Crippen LogP contribution in [0.1, 0.15) is 51.1 Å². The predicted octanol–water partition coefficient (Wildman–Crippen LogP) is 5.95. The molecule has 0 saturated heterocycles. The van der Waals surface area contributed by atoms with Crippen LogP contribution in [0.5, 0.6) is 5.75 Å². The third-order valence-electron chi connectivity index (χ3n) is 4.66. The summed E-state index contributed by atoms with van der Waals surface area (Å²) in [4.78, 5) is 3.99. The summed E-state index contributed by atoms with van der Waals surface area (Å²) in [6, 6.07) is 4.54. The average molecular weight is 435 g/mol. The van der Waals surface area contributed by atoms with Crippen molar-refractivity contribution >= 4 is 18.2 Å². The Labute approximate surface area is 180 Å². The number of rotatable bonds is 7. The molecule has 1 saturated carbocycles. The lowest BCUT2D eigenvalue weighted by Crippen LogP contribution is -2.05. The highest BCUT2D eigenvalue weighted by Gasteiger charge is 2.19. The molecule has 0 amide bonds. The molecule has 2 N–H and O–H groups in total. The number of nitrogens with one attached hydrogen (secondary N) is 1. The van der Waals surface area contributed by atoms with Crippen LogP contribution in [0.4, 0.5) is 8.78 Å². The van der Waals surface area contributed by atoms with E-state index in [0.717, 1.165) is 30.5 Å². The van der Waals surface area contributed by atoms with Crippen LogP contribution in [-0.2, 0) is 6.54 Å². The van der Waals surface area contributed by atoms with Crippen LogP contribution in [0.15, 0.2) is 58.8 Å². The van der Waals surface area contributed by atoms with Gasteiger partial charge in [0.05, 0.1) is 4.90 Å². The van der Waals surface area contributed by atoms with Crippen molar-refractivity contribution in [1.82, 2.24) is 14.5 Å². The number of aliphatic imine (C=N–C) groups is 1. The molecule has 0 spiro atoms. The lowest BCUT2D eigenvalue weighted by molar-refractivity contribution is 0.401. The lowest BCUT2D eigenvalue weighted by Gasteiger charge is -2.10. The van der Waals surface area contributed by atoms with Gasteiger partial charge < -0.3 is 9.83 Å². The van der Waals surface area contributed by atoms with Crippen molar-refractivity contribution in [2.45, 2.75) is 56.9 Å². The van der Waals surface area contributed by atoms with Crippen LogP contribution in [0.25, 0.3) is 0 Å². The number of benzene rings is 1. The molecule has 1 aliphatic carbocycles. The molecule has 8 heteroatoms. The highest BCUT2D eigenvalue weighted by molar-refractivity contribution is 7.97. The third-order valence-corrected chi connectivity index (χ3v) is 5.50. The van der Waals surface area contributed by atoms with E-state index in [-0.39, 0.29) is 4.90 Å². The minimum Gasteiger partial charge on any atom is -0.505 e. The summed E-state index contributed by atoms with van der Waals surface area (Å²) in [5, 5.41) is 13.3. The first-order valence-corrected chi connectivity index (χ1v) is 10.8. The van der Waals surface area contributed by atoms with E-state index in [4.69, 9.17) is 5.11 Å². The Hall–Kier alpha value is -2.61. The van der Waals surface area contributed by atoms with Gasteiger partial charge in [-0.05, 0) is 62.9 Å². The van der Waals surface area contributed by atoms with Crippen molar-refractivity contribution in [2.75, 3.05) is 0 Å². The summed E-state index contributed by atoms with van der Waals surface area (Å²) in [6.07, 6.45) is 12.1. The maximum atomic E-state index is 13.4. The average Bonchev–Trinajstić information content (AvgIpc) is 3.43. The fourth-order valence-corrected chi connectivity index (χ4v) is 3.89. The first kappa shape index (κ1) is 23.7. The molecule has 30 heavy (non-hydrogen) atoms. The van der Waals surface area contributed by atoms with Crippen molar-refractivity contribution in [1.29, 1.82) is 0 Å². The quantitative estimate of drug-likeness (QED) is 0.321. The number of phenols is 1. The number of aromatic hydroxyl groups is 1. The zero-order valence-electron chi connectivity index (χ0n) is 17.3. The van der Waals surface area contributed by atoms with Crippen molar-refractivity contribution in [2.24, 2.45) is 4.99 Å². The molecule has 1 heterocycles. The Morgan fingerprint density at radius 3 is 2.70 bits per heavy atom. The van der Waals surface area contributed by atoms with E-state index in [9.17, 15) is 8.78 Å². The molecule has 3 rings (SSSR count). The Morgan fingerprint density at radius 2 is 2.07 bits per heavy atom. The normalized spacial score (nSPS) is 14.6. The topological polar surface area (TPSA) is 62.4 Å². The zero-order chi connectivity index (χ0) is 21.9. The number of aryl methyl sites for hydroxylation is 1. The van der Waals surface area contributed by atoms with E-state index in [1.165, 1.54) is 43.5 Å². The largest absolute Gasteiger partial charge is 0.505 e. The van der Waals surface area contributed by atoms with E-state index in [2.05, 4.69) is 39.1 Å². The van der Waals surface area contributed by atoms with Gasteiger partial charge in [0.1, 0.15) is 5.82 Å². The first-order valence-electron chi connectivity index (χ1n) is 9.94. The molecule has 1 aliphatic rings. The number of hydrogen-bond donors (Lipinski definition) is 2. The highest BCUT2D eigenvalue weighted by Crippen LogP contribution is 2.33. The molecule has 0 atom stereocenters. The molecular formula is C22H28F2N4OS. The monoisotopic (exact) mass is 434 g/mol. The van der Waals surface area contributed by atoms with Gasteiger partial charge >= 0.3 is 0 Å². The molecule has 2 aromatic rings. The van der Waals surface area contributed by atoms with E-state index in [0.29, 0.717) is 5.82 Å². The molecule has 0 radical (unpaired) electrons. The smallest absolute Gasteiger partial charge is 0.201 e. The Morgan fingerprint density at radius 1 is 1.33 bits per heavy atom. The minimum atomic E-state index is -1.27. The molecular weight excluding hydrogens is 406 g/mol. The molecule has 0 bridgehead atoms. The standard InChI is InChI=1S/C12H12F2N2OS.C10H16N2/c1-3-5-10(15-4-2)16-18-9-7-6-8(17)11(13)12(9)14;1-2-12-10(7-8-11-12)9-5-3-4-6-9/h3-7,16-17H,1H2,2H3;7-9H,2-6H2,1H3/b10-5+,15-4-;. The number of phenolic OH excluding ortho intramolecular Hbond substituents is 1. The van der Waals surface area contributed by atoms with Gasteiger partial charge in [0.25, 0.3) is 0 Å². The van der Waals surface area contributed by atoms with E-state index < -0.39 is 17.4 Å². The molecule has 0 aliphatic heterocycles. The van der Waals surface area contributed by atoms with Gasteiger partial charge in [-0.25, -0.2) is 9.38 Å². The third kappa shape index (κ3) is 6.45. The fraction of sp³-hybridized carbons (Fsp3) is 0.364. The van der Waals surface area contributed by atoms with E-state index in [1.54, 1.807) is 19.2 Å². The summed E-state index contributed by atoms with van der Waals surface area (Å²) >= 11 is 0.852. The second kappa shape index (κ2) is 12.2. The summed E-state index contributed by atoms with van der Waals surface area (Å²) in [6.45, 7) is 8.41. The maximum Gasteiger partial charge on any atom is 0.201 e. The molecule has 0 unspecified atom stereocenters. The highest BCUT2D eigenvalue weighted by atomic mass is 32.2. The molecule has 1 aromatic carbocycles. The molecule has 5 nitrogen and oxygen atoms in total. The van der Waals surface area contributed by atoms with Gasteiger partial charge in [0.2, 0.25) is 5.82 Å². The van der Waals surface area contributed by atoms with Gasteiger partial charge in [-0.2, -0.15) is 9.49 Å². The number of allylic oxidation sites excluding steroid dienone is 2. The summed E-state index contributed by atoms with van der Waals surface area (Å²) in [5.74, 6) is -1.84. The number of nitrogens with zero attached hydrogens (tertiary/aromatic N) is 3. The Bertz CT molecular complexity index is 889. The second-order valence-corrected chi connectivity index (χ2v) is 7.49. The number of halogens is 2. The van der Waals surface area contributed by atoms with Gasteiger partial charge in [-0.15, -0.1) is 0 Å². The van der Waals surface area contributed by atoms with Crippen molar-refractivity contribution < 1.29 is 13.9 Å². The Balaban J connectivity index is 0.000000230. The fourth-order valence-electron chi connectivity index (χ4n) is 3.24. The van der Waals surface area contributed by atoms with Crippen LogP contribution < -0.4 is 4.72 Å². The van der Waals surface area contributed by atoms with Crippen molar-refractivity contribution in [3.05, 3.63) is 66.3 Å². The SMILES string of the molecule is C=C/C=C(\N=C/C)NSc1ccc(O)c(F)c1F.CCn1nccc1C1CCCC1. The van der Waals surface area contributed by atoms with E-state index in [1.807, 2.05) is 6.20 Å². The van der Waals surface area contributed by atoms with E-state index >= 15 is 0 Å². The molecule has 1 aromatic heterocycles. The van der Waals surface area contributed by atoms with Crippen LogP contribution in [-0.4, -0.2) is 21.1 Å². The molecule has 162 valence electrons. The van der Waals surface area contributed by atoms with Crippen LogP contribution in [0.3, 0.4) is 0 Å². The van der Waals surface area contributed by atoms with Crippen molar-refractivity contribution in [3.8, 4) is 5.75 Å². The summed E-state index contributed by atoms with van der Waals surface area (Å²) in [5.41, 5.74) is 1.45. The van der Waals surface area contributed by atoms with Crippen LogP contribution in [0, 0.1) is 11.6 Å². The van der Waals surface area contributed by atoms with Gasteiger partial charge in [0.15, 0.2) is 11.6 Å². The minimum absolute atomic E-state index is 0.0200. The first-order chi connectivity index (χ1) is 14.5. The van der Waals surface area contributed by atoms with Crippen molar-refractivity contribution in [3.63, 3.8) is 0 Å². The van der Waals surface area contributed by atoms with Crippen LogP contribution >= 0.6 is 11.9 Å². The van der Waals surface area contributed by atoms with Crippen LogP contribution in [0.2, 0.25) is 0 Å². The van der Waals surface area contributed by atoms with Gasteiger partial charge in [0, 0.05) is 30.6 Å². The second-order valence-electron chi connectivity index (χ2n) is 6.64. The lowest BCUT2D eigenvalue weighted by atomic mass is 10.0. The Kier molecular flexibility index (Phi) is 9.60. The van der Waals surface area contributed by atoms with Gasteiger partial charge in [-0.1, -0.05) is 25.5 Å². The predicted molar refractivity (Wildman–Crippen MR) is 119 cm³/mol.